The van der Waals surface area contributed by atoms with E-state index in [4.69, 9.17) is 10.1 Å². The van der Waals surface area contributed by atoms with Crippen LogP contribution in [0.3, 0.4) is 0 Å². The summed E-state index contributed by atoms with van der Waals surface area (Å²) in [6.45, 7) is 6.03. The van der Waals surface area contributed by atoms with E-state index in [0.717, 1.165) is 44.8 Å². The van der Waals surface area contributed by atoms with Crippen molar-refractivity contribution in [1.29, 1.82) is 0 Å². The molecule has 0 bridgehead atoms. The quantitative estimate of drug-likeness (QED) is 0.434. The highest BCUT2D eigenvalue weighted by Crippen LogP contribution is 2.23. The molecule has 0 spiro atoms. The Labute approximate surface area is 191 Å². The Balaban J connectivity index is 1.27. The van der Waals surface area contributed by atoms with Gasteiger partial charge in [-0.2, -0.15) is 10.2 Å². The summed E-state index contributed by atoms with van der Waals surface area (Å²) in [4.78, 5) is 21.5. The predicted octanol–water partition coefficient (Wildman–Crippen LogP) is 3.89. The van der Waals surface area contributed by atoms with Crippen LogP contribution in [-0.4, -0.2) is 35.3 Å². The summed E-state index contributed by atoms with van der Waals surface area (Å²) in [5, 5.41) is 13.0. The van der Waals surface area contributed by atoms with Crippen molar-refractivity contribution in [1.82, 2.24) is 34.7 Å². The second-order valence-electron chi connectivity index (χ2n) is 8.23. The van der Waals surface area contributed by atoms with E-state index in [1.54, 1.807) is 11.0 Å². The minimum absolute atomic E-state index is 0.00683. The molecule has 0 unspecified atom stereocenters. The maximum Gasteiger partial charge on any atom is 0.220 e. The summed E-state index contributed by atoms with van der Waals surface area (Å²) in [5.41, 5.74) is 6.77. The van der Waals surface area contributed by atoms with E-state index in [1.807, 2.05) is 73.8 Å². The number of nitrogens with zero attached hydrogens (tertiary/aromatic N) is 6. The molecular weight excluding hydrogens is 414 g/mol. The van der Waals surface area contributed by atoms with E-state index in [2.05, 4.69) is 15.4 Å². The van der Waals surface area contributed by atoms with Crippen LogP contribution in [0.4, 0.5) is 0 Å². The molecule has 1 atom stereocenters. The fraction of sp³-hybridized carbons (Fsp3) is 0.240. The van der Waals surface area contributed by atoms with E-state index in [-0.39, 0.29) is 11.9 Å². The molecule has 3 heterocycles. The zero-order valence-electron chi connectivity index (χ0n) is 18.9. The molecule has 0 aliphatic carbocycles. The molecule has 0 fully saturated rings. The van der Waals surface area contributed by atoms with Crippen molar-refractivity contribution in [2.75, 3.05) is 0 Å². The normalized spacial score (nSPS) is 12.3. The number of rotatable bonds is 6. The first-order chi connectivity index (χ1) is 16.0. The minimum atomic E-state index is -0.0958. The molecule has 8 nitrogen and oxygen atoms in total. The van der Waals surface area contributed by atoms with Gasteiger partial charge in [-0.1, -0.05) is 24.3 Å². The molecular formula is C25H25N7O. The lowest BCUT2D eigenvalue weighted by Crippen LogP contribution is -2.27. The van der Waals surface area contributed by atoms with Gasteiger partial charge >= 0.3 is 0 Å². The SMILES string of the molecule is Cc1nc2c3ccccc3nn2c(C)c1CCC(=O)N[C@H](C)c1ccc(-n2cncn2)cc1. The van der Waals surface area contributed by atoms with E-state index in [9.17, 15) is 4.79 Å². The number of nitrogens with one attached hydrogen (secondary N) is 1. The van der Waals surface area contributed by atoms with Crippen LogP contribution in [0.15, 0.2) is 61.2 Å². The molecule has 8 heteroatoms. The highest BCUT2D eigenvalue weighted by molar-refractivity contribution is 5.92. The van der Waals surface area contributed by atoms with Crippen LogP contribution in [0.2, 0.25) is 0 Å². The van der Waals surface area contributed by atoms with E-state index < -0.39 is 0 Å². The maximum atomic E-state index is 12.7. The number of aromatic nitrogens is 6. The Hall–Kier alpha value is -4.07. The fourth-order valence-electron chi connectivity index (χ4n) is 4.23. The average Bonchev–Trinajstić information content (AvgIpc) is 3.48. The van der Waals surface area contributed by atoms with Crippen molar-refractivity contribution < 1.29 is 4.79 Å². The zero-order valence-corrected chi connectivity index (χ0v) is 18.9. The lowest BCUT2D eigenvalue weighted by atomic mass is 10.0. The molecule has 166 valence electrons. The Morgan fingerprint density at radius 1 is 1.09 bits per heavy atom. The predicted molar refractivity (Wildman–Crippen MR) is 126 cm³/mol. The van der Waals surface area contributed by atoms with E-state index in [0.29, 0.717) is 12.8 Å². The molecule has 0 aliphatic heterocycles. The average molecular weight is 440 g/mol. The second kappa shape index (κ2) is 8.46. The van der Waals surface area contributed by atoms with Gasteiger partial charge in [0.25, 0.3) is 0 Å². The van der Waals surface area contributed by atoms with Crippen LogP contribution in [0.25, 0.3) is 22.2 Å². The molecule has 0 saturated heterocycles. The number of hydrogen-bond acceptors (Lipinski definition) is 5. The van der Waals surface area contributed by atoms with Gasteiger partial charge < -0.3 is 5.32 Å². The topological polar surface area (TPSA) is 90.0 Å². The van der Waals surface area contributed by atoms with Gasteiger partial charge in [0.05, 0.1) is 17.2 Å². The number of carbonyl (C=O) groups excluding carboxylic acids is 1. The Bertz CT molecular complexity index is 1440. The number of carbonyl (C=O) groups is 1. The van der Waals surface area contributed by atoms with Gasteiger partial charge in [-0.05, 0) is 62.6 Å². The fourth-order valence-corrected chi connectivity index (χ4v) is 4.23. The van der Waals surface area contributed by atoms with Crippen molar-refractivity contribution >= 4 is 22.5 Å². The van der Waals surface area contributed by atoms with Crippen LogP contribution in [0.5, 0.6) is 0 Å². The molecule has 5 aromatic rings. The maximum absolute atomic E-state index is 12.7. The molecule has 1 amide bonds. The molecule has 0 saturated carbocycles. The summed E-state index contributed by atoms with van der Waals surface area (Å²) in [6.07, 6.45) is 4.15. The van der Waals surface area contributed by atoms with Crippen LogP contribution >= 0.6 is 0 Å². The smallest absolute Gasteiger partial charge is 0.220 e. The summed E-state index contributed by atoms with van der Waals surface area (Å²) in [6, 6.07) is 15.8. The molecule has 33 heavy (non-hydrogen) atoms. The van der Waals surface area contributed by atoms with Crippen LogP contribution in [0, 0.1) is 13.8 Å². The van der Waals surface area contributed by atoms with Gasteiger partial charge in [0.15, 0.2) is 5.65 Å². The molecule has 2 aromatic carbocycles. The number of hydrogen-bond donors (Lipinski definition) is 1. The molecule has 3 aromatic heterocycles. The highest BCUT2D eigenvalue weighted by atomic mass is 16.1. The largest absolute Gasteiger partial charge is 0.350 e. The number of benzene rings is 2. The first-order valence-corrected chi connectivity index (χ1v) is 11.0. The van der Waals surface area contributed by atoms with E-state index in [1.165, 1.54) is 6.33 Å². The van der Waals surface area contributed by atoms with Crippen molar-refractivity contribution in [2.24, 2.45) is 0 Å². The number of amides is 1. The zero-order chi connectivity index (χ0) is 22.9. The van der Waals surface area contributed by atoms with Gasteiger partial charge in [0, 0.05) is 23.2 Å². The number of aryl methyl sites for hydroxylation is 2. The molecule has 0 aliphatic rings. The summed E-state index contributed by atoms with van der Waals surface area (Å²) in [7, 11) is 0. The third kappa shape index (κ3) is 3.95. The Morgan fingerprint density at radius 2 is 1.88 bits per heavy atom. The van der Waals surface area contributed by atoms with Crippen LogP contribution in [0.1, 0.15) is 41.9 Å². The summed E-state index contributed by atoms with van der Waals surface area (Å²) in [5.74, 6) is 0.00683. The van der Waals surface area contributed by atoms with Gasteiger partial charge in [-0.25, -0.2) is 19.2 Å². The van der Waals surface area contributed by atoms with Crippen LogP contribution < -0.4 is 5.32 Å². The van der Waals surface area contributed by atoms with Crippen molar-refractivity contribution in [3.05, 3.63) is 83.7 Å². The third-order valence-electron chi connectivity index (χ3n) is 6.07. The summed E-state index contributed by atoms with van der Waals surface area (Å²) >= 11 is 0. The standard InChI is InChI=1S/C25H25N7O/c1-16(19-8-10-20(11-9-19)31-15-26-14-27-31)28-24(33)13-12-21-17(2)29-25-22-6-4-5-7-23(22)30-32(25)18(21)3/h4-11,14-16H,12-13H2,1-3H3,(H,28,33)/t16-/m1/s1. The Morgan fingerprint density at radius 3 is 2.64 bits per heavy atom. The second-order valence-corrected chi connectivity index (χ2v) is 8.23. The lowest BCUT2D eigenvalue weighted by molar-refractivity contribution is -0.121. The first-order valence-electron chi connectivity index (χ1n) is 11.0. The lowest BCUT2D eigenvalue weighted by Gasteiger charge is -2.16. The molecule has 0 radical (unpaired) electrons. The molecule has 5 rings (SSSR count). The minimum Gasteiger partial charge on any atom is -0.350 e. The third-order valence-corrected chi connectivity index (χ3v) is 6.07. The summed E-state index contributed by atoms with van der Waals surface area (Å²) < 4.78 is 3.59. The first kappa shape index (κ1) is 20.8. The van der Waals surface area contributed by atoms with E-state index >= 15 is 0 Å². The van der Waals surface area contributed by atoms with Crippen molar-refractivity contribution in [3.8, 4) is 5.69 Å². The van der Waals surface area contributed by atoms with Gasteiger partial charge in [0.1, 0.15) is 12.7 Å². The van der Waals surface area contributed by atoms with Crippen molar-refractivity contribution in [3.63, 3.8) is 0 Å². The number of fused-ring (bicyclic) bond motifs is 3. The monoisotopic (exact) mass is 439 g/mol. The Kier molecular flexibility index (Phi) is 5.34. The van der Waals surface area contributed by atoms with Crippen molar-refractivity contribution in [2.45, 2.75) is 39.7 Å². The molecule has 1 N–H and O–H groups in total. The van der Waals surface area contributed by atoms with Gasteiger partial charge in [-0.3, -0.25) is 4.79 Å². The highest BCUT2D eigenvalue weighted by Gasteiger charge is 2.16. The van der Waals surface area contributed by atoms with Gasteiger partial charge in [-0.15, -0.1) is 0 Å². The van der Waals surface area contributed by atoms with Crippen LogP contribution in [-0.2, 0) is 11.2 Å². The van der Waals surface area contributed by atoms with Gasteiger partial charge in [0.2, 0.25) is 5.91 Å².